The third-order valence-corrected chi connectivity index (χ3v) is 4.13. The maximum Gasteiger partial charge on any atom is 0.0963 e. The van der Waals surface area contributed by atoms with Gasteiger partial charge in [-0.1, -0.05) is 29.8 Å². The third kappa shape index (κ3) is 4.72. The van der Waals surface area contributed by atoms with Crippen LogP contribution >= 0.6 is 11.8 Å². The molecule has 2 rings (SSSR count). The second kappa shape index (κ2) is 6.82. The molecular formula is C15H20N2S. The topological polar surface area (TPSA) is 35.8 Å². The van der Waals surface area contributed by atoms with Gasteiger partial charge < -0.3 is 0 Å². The first-order valence-corrected chi connectivity index (χ1v) is 7.72. The van der Waals surface area contributed by atoms with Crippen molar-refractivity contribution in [3.8, 4) is 6.07 Å². The van der Waals surface area contributed by atoms with E-state index in [0.29, 0.717) is 6.04 Å². The van der Waals surface area contributed by atoms with E-state index in [-0.39, 0.29) is 6.04 Å². The van der Waals surface area contributed by atoms with Crippen LogP contribution in [-0.4, -0.2) is 17.8 Å². The van der Waals surface area contributed by atoms with Crippen LogP contribution in [0.15, 0.2) is 24.3 Å². The lowest BCUT2D eigenvalue weighted by Gasteiger charge is -2.10. The summed E-state index contributed by atoms with van der Waals surface area (Å²) in [6.07, 6.45) is 3.44. The summed E-state index contributed by atoms with van der Waals surface area (Å²) in [6.45, 7) is 2.12. The molecule has 1 unspecified atom stereocenters. The molecule has 2 nitrogen and oxygen atoms in total. The van der Waals surface area contributed by atoms with Crippen molar-refractivity contribution in [2.75, 3.05) is 5.75 Å². The van der Waals surface area contributed by atoms with Gasteiger partial charge in [0.15, 0.2) is 0 Å². The van der Waals surface area contributed by atoms with Crippen LogP contribution in [0.4, 0.5) is 0 Å². The summed E-state index contributed by atoms with van der Waals surface area (Å²) in [7, 11) is 0. The molecule has 1 aromatic carbocycles. The van der Waals surface area contributed by atoms with Gasteiger partial charge in [-0.3, -0.25) is 5.32 Å². The fourth-order valence-corrected chi connectivity index (χ4v) is 2.87. The summed E-state index contributed by atoms with van der Waals surface area (Å²) in [4.78, 5) is 0. The number of hydrogen-bond acceptors (Lipinski definition) is 3. The van der Waals surface area contributed by atoms with E-state index in [0.717, 1.165) is 17.9 Å². The Hall–Kier alpha value is -0.980. The zero-order chi connectivity index (χ0) is 12.8. The highest BCUT2D eigenvalue weighted by Crippen LogP contribution is 2.21. The van der Waals surface area contributed by atoms with Crippen LogP contribution in [0.3, 0.4) is 0 Å². The summed E-state index contributed by atoms with van der Waals surface area (Å²) in [6, 6.07) is 11.7. The van der Waals surface area contributed by atoms with Crippen LogP contribution in [0.1, 0.15) is 30.4 Å². The van der Waals surface area contributed by atoms with E-state index >= 15 is 0 Å². The molecule has 1 aliphatic carbocycles. The van der Waals surface area contributed by atoms with Gasteiger partial charge in [-0.05, 0) is 37.5 Å². The monoisotopic (exact) mass is 260 g/mol. The smallest absolute Gasteiger partial charge is 0.0963 e. The molecule has 1 aromatic rings. The largest absolute Gasteiger partial charge is 0.299 e. The Morgan fingerprint density at radius 1 is 1.50 bits per heavy atom. The molecule has 0 amide bonds. The summed E-state index contributed by atoms with van der Waals surface area (Å²) < 4.78 is 0. The average Bonchev–Trinajstić information content (AvgIpc) is 3.17. The minimum atomic E-state index is 0.0440. The zero-order valence-electron chi connectivity index (χ0n) is 10.9. The van der Waals surface area contributed by atoms with Crippen molar-refractivity contribution in [2.24, 2.45) is 0 Å². The van der Waals surface area contributed by atoms with Crippen molar-refractivity contribution in [3.63, 3.8) is 0 Å². The Morgan fingerprint density at radius 2 is 2.33 bits per heavy atom. The van der Waals surface area contributed by atoms with Crippen LogP contribution in [-0.2, 0) is 5.75 Å². The number of nitrogens with zero attached hydrogens (tertiary/aromatic N) is 1. The van der Waals surface area contributed by atoms with Crippen molar-refractivity contribution in [1.82, 2.24) is 5.32 Å². The molecule has 1 N–H and O–H groups in total. The lowest BCUT2D eigenvalue weighted by Crippen LogP contribution is -2.29. The van der Waals surface area contributed by atoms with Crippen molar-refractivity contribution in [1.29, 1.82) is 5.26 Å². The Kier molecular flexibility index (Phi) is 5.10. The number of nitrogens with one attached hydrogen (secondary N) is 1. The molecule has 1 saturated carbocycles. The molecule has 0 aliphatic heterocycles. The van der Waals surface area contributed by atoms with E-state index in [1.165, 1.54) is 24.0 Å². The van der Waals surface area contributed by atoms with Crippen LogP contribution in [0.25, 0.3) is 0 Å². The minimum absolute atomic E-state index is 0.0440. The van der Waals surface area contributed by atoms with Crippen molar-refractivity contribution in [3.05, 3.63) is 35.4 Å². The molecule has 0 bridgehead atoms. The number of nitriles is 1. The van der Waals surface area contributed by atoms with Crippen LogP contribution in [0.5, 0.6) is 0 Å². The van der Waals surface area contributed by atoms with E-state index in [4.69, 9.17) is 5.26 Å². The molecule has 0 aromatic heterocycles. The molecule has 18 heavy (non-hydrogen) atoms. The Bertz CT molecular complexity index is 421. The summed E-state index contributed by atoms with van der Waals surface area (Å²) in [5, 5.41) is 12.4. The predicted octanol–water partition coefficient (Wildman–Crippen LogP) is 3.26. The number of thioether (sulfide) groups is 1. The van der Waals surface area contributed by atoms with Crippen LogP contribution in [0, 0.1) is 18.3 Å². The van der Waals surface area contributed by atoms with Gasteiger partial charge in [-0.25, -0.2) is 0 Å². The van der Waals surface area contributed by atoms with Gasteiger partial charge >= 0.3 is 0 Å². The Balaban J connectivity index is 1.64. The summed E-state index contributed by atoms with van der Waals surface area (Å²) >= 11 is 1.92. The predicted molar refractivity (Wildman–Crippen MR) is 77.5 cm³/mol. The van der Waals surface area contributed by atoms with Gasteiger partial charge in [0.1, 0.15) is 0 Å². The van der Waals surface area contributed by atoms with Crippen LogP contribution in [0.2, 0.25) is 0 Å². The van der Waals surface area contributed by atoms with Gasteiger partial charge in [0.25, 0.3) is 0 Å². The number of hydrogen-bond donors (Lipinski definition) is 1. The van der Waals surface area contributed by atoms with E-state index in [9.17, 15) is 0 Å². The number of rotatable bonds is 7. The molecule has 1 aliphatic rings. The second-order valence-corrected chi connectivity index (χ2v) is 6.06. The molecule has 0 radical (unpaired) electrons. The highest BCUT2D eigenvalue weighted by atomic mass is 32.2. The Labute approximate surface area is 114 Å². The zero-order valence-corrected chi connectivity index (χ0v) is 11.7. The SMILES string of the molecule is Cc1cccc(CSCCC(C#N)NC2CC2)c1. The molecule has 1 fully saturated rings. The first kappa shape index (κ1) is 13.5. The Morgan fingerprint density at radius 3 is 3.00 bits per heavy atom. The first-order valence-electron chi connectivity index (χ1n) is 6.57. The summed E-state index contributed by atoms with van der Waals surface area (Å²) in [5.74, 6) is 2.09. The first-order chi connectivity index (χ1) is 8.78. The van der Waals surface area contributed by atoms with E-state index in [1.807, 2.05) is 11.8 Å². The normalized spacial score (nSPS) is 16.2. The average molecular weight is 260 g/mol. The number of benzene rings is 1. The quantitative estimate of drug-likeness (QED) is 0.764. The fourth-order valence-electron chi connectivity index (χ4n) is 1.91. The van der Waals surface area contributed by atoms with E-state index in [2.05, 4.69) is 42.6 Å². The molecular weight excluding hydrogens is 240 g/mol. The minimum Gasteiger partial charge on any atom is -0.299 e. The third-order valence-electron chi connectivity index (χ3n) is 3.07. The lowest BCUT2D eigenvalue weighted by atomic mass is 10.2. The van der Waals surface area contributed by atoms with Crippen molar-refractivity contribution >= 4 is 11.8 Å². The maximum atomic E-state index is 9.03. The van der Waals surface area contributed by atoms with Gasteiger partial charge in [-0.2, -0.15) is 17.0 Å². The van der Waals surface area contributed by atoms with Gasteiger partial charge in [0.05, 0.1) is 12.1 Å². The molecule has 3 heteroatoms. The maximum absolute atomic E-state index is 9.03. The van der Waals surface area contributed by atoms with E-state index in [1.54, 1.807) is 0 Å². The fraction of sp³-hybridized carbons (Fsp3) is 0.533. The molecule has 0 spiro atoms. The molecule has 96 valence electrons. The van der Waals surface area contributed by atoms with Crippen molar-refractivity contribution in [2.45, 2.75) is 44.0 Å². The van der Waals surface area contributed by atoms with Gasteiger partial charge in [0.2, 0.25) is 0 Å². The van der Waals surface area contributed by atoms with Gasteiger partial charge in [-0.15, -0.1) is 0 Å². The highest BCUT2D eigenvalue weighted by molar-refractivity contribution is 7.98. The summed E-state index contributed by atoms with van der Waals surface area (Å²) in [5.41, 5.74) is 2.70. The van der Waals surface area contributed by atoms with E-state index < -0.39 is 0 Å². The molecule has 0 saturated heterocycles. The second-order valence-electron chi connectivity index (χ2n) is 4.95. The molecule has 0 heterocycles. The van der Waals surface area contributed by atoms with Crippen molar-refractivity contribution < 1.29 is 0 Å². The highest BCUT2D eigenvalue weighted by Gasteiger charge is 2.23. The number of aryl methyl sites for hydroxylation is 1. The van der Waals surface area contributed by atoms with Crippen LogP contribution < -0.4 is 5.32 Å². The standard InChI is InChI=1S/C15H20N2S/c1-12-3-2-4-13(9-12)11-18-8-7-15(10-16)17-14-5-6-14/h2-4,9,14-15,17H,5-8,11H2,1H3. The lowest BCUT2D eigenvalue weighted by molar-refractivity contribution is 0.587. The van der Waals surface area contributed by atoms with Gasteiger partial charge in [0, 0.05) is 11.8 Å². The molecule has 1 atom stereocenters.